The van der Waals surface area contributed by atoms with Gasteiger partial charge in [-0.25, -0.2) is 0 Å². The van der Waals surface area contributed by atoms with E-state index in [1.54, 1.807) is 0 Å². The summed E-state index contributed by atoms with van der Waals surface area (Å²) in [4.78, 5) is 12.0. The monoisotopic (exact) mass is 323 g/mol. The van der Waals surface area contributed by atoms with Crippen molar-refractivity contribution in [2.45, 2.75) is 13.3 Å². The van der Waals surface area contributed by atoms with Crippen molar-refractivity contribution >= 4 is 11.9 Å². The van der Waals surface area contributed by atoms with E-state index in [4.69, 9.17) is 9.15 Å². The highest BCUT2D eigenvalue weighted by atomic mass is 16.5. The summed E-state index contributed by atoms with van der Waals surface area (Å²) in [5.74, 6) is 0.745. The molecule has 0 atom stereocenters. The molecule has 1 heterocycles. The molecule has 2 aromatic carbocycles. The molecule has 0 radical (unpaired) electrons. The zero-order valence-corrected chi connectivity index (χ0v) is 13.2. The van der Waals surface area contributed by atoms with Gasteiger partial charge >= 0.3 is 6.01 Å². The van der Waals surface area contributed by atoms with Crippen LogP contribution in [0.2, 0.25) is 0 Å². The van der Waals surface area contributed by atoms with Crippen molar-refractivity contribution < 1.29 is 13.9 Å². The number of aromatic nitrogens is 2. The van der Waals surface area contributed by atoms with Gasteiger partial charge in [0, 0.05) is 0 Å². The van der Waals surface area contributed by atoms with Gasteiger partial charge in [-0.3, -0.25) is 10.1 Å². The van der Waals surface area contributed by atoms with Crippen LogP contribution in [0.4, 0.5) is 6.01 Å². The summed E-state index contributed by atoms with van der Waals surface area (Å²) in [6.45, 7) is 2.44. The molecule has 0 aliphatic rings. The van der Waals surface area contributed by atoms with E-state index in [9.17, 15) is 4.79 Å². The first-order valence-electron chi connectivity index (χ1n) is 7.65. The standard InChI is InChI=1S/C18H17N3O3/c1-2-23-15-11-7-6-10-14(15)17-20-21-18(24-17)19-16(22)12-13-8-4-3-5-9-13/h3-11H,2,12H2,1H3,(H,19,21,22). The molecule has 1 aromatic heterocycles. The van der Waals surface area contributed by atoms with E-state index < -0.39 is 0 Å². The highest BCUT2D eigenvalue weighted by molar-refractivity contribution is 5.90. The van der Waals surface area contributed by atoms with Crippen LogP contribution in [0.3, 0.4) is 0 Å². The summed E-state index contributed by atoms with van der Waals surface area (Å²) in [6.07, 6.45) is 0.244. The Bertz CT molecular complexity index is 815. The molecule has 0 aliphatic heterocycles. The van der Waals surface area contributed by atoms with E-state index in [0.29, 0.717) is 23.8 Å². The quantitative estimate of drug-likeness (QED) is 0.753. The number of ether oxygens (including phenoxy) is 1. The Morgan fingerprint density at radius 2 is 1.83 bits per heavy atom. The minimum absolute atomic E-state index is 0.0669. The molecular weight excluding hydrogens is 306 g/mol. The van der Waals surface area contributed by atoms with E-state index in [2.05, 4.69) is 15.5 Å². The maximum Gasteiger partial charge on any atom is 0.322 e. The van der Waals surface area contributed by atoms with Crippen molar-refractivity contribution in [1.29, 1.82) is 0 Å². The molecule has 6 nitrogen and oxygen atoms in total. The van der Waals surface area contributed by atoms with Crippen LogP contribution in [-0.2, 0) is 11.2 Å². The van der Waals surface area contributed by atoms with E-state index >= 15 is 0 Å². The number of hydrogen-bond acceptors (Lipinski definition) is 5. The summed E-state index contributed by atoms with van der Waals surface area (Å²) >= 11 is 0. The molecule has 6 heteroatoms. The number of anilines is 1. The third kappa shape index (κ3) is 3.78. The van der Waals surface area contributed by atoms with E-state index in [-0.39, 0.29) is 18.3 Å². The minimum atomic E-state index is -0.213. The molecule has 24 heavy (non-hydrogen) atoms. The van der Waals surface area contributed by atoms with E-state index in [1.165, 1.54) is 0 Å². The fraction of sp³-hybridized carbons (Fsp3) is 0.167. The van der Waals surface area contributed by atoms with Crippen molar-refractivity contribution in [3.8, 4) is 17.2 Å². The third-order valence-electron chi connectivity index (χ3n) is 3.30. The summed E-state index contributed by atoms with van der Waals surface area (Å²) in [5.41, 5.74) is 1.60. The van der Waals surface area contributed by atoms with Crippen molar-refractivity contribution in [1.82, 2.24) is 10.2 Å². The lowest BCUT2D eigenvalue weighted by atomic mass is 10.1. The lowest BCUT2D eigenvalue weighted by molar-refractivity contribution is -0.115. The van der Waals surface area contributed by atoms with Gasteiger partial charge < -0.3 is 9.15 Å². The van der Waals surface area contributed by atoms with Crippen LogP contribution < -0.4 is 10.1 Å². The van der Waals surface area contributed by atoms with E-state index in [0.717, 1.165) is 5.56 Å². The first-order chi connectivity index (χ1) is 11.8. The van der Waals surface area contributed by atoms with Crippen molar-refractivity contribution in [2.24, 2.45) is 0 Å². The molecule has 3 aromatic rings. The molecule has 1 N–H and O–H groups in total. The fourth-order valence-electron chi connectivity index (χ4n) is 2.25. The predicted molar refractivity (Wildman–Crippen MR) is 89.7 cm³/mol. The topological polar surface area (TPSA) is 77.3 Å². The number of carbonyl (C=O) groups is 1. The number of para-hydroxylation sites is 1. The molecule has 0 saturated carbocycles. The Kier molecular flexibility index (Phi) is 4.86. The zero-order valence-electron chi connectivity index (χ0n) is 13.2. The van der Waals surface area contributed by atoms with Crippen LogP contribution in [-0.4, -0.2) is 22.7 Å². The van der Waals surface area contributed by atoms with Crippen molar-refractivity contribution in [3.63, 3.8) is 0 Å². The van der Waals surface area contributed by atoms with Gasteiger partial charge in [0.15, 0.2) is 0 Å². The number of amides is 1. The predicted octanol–water partition coefficient (Wildman–Crippen LogP) is 3.32. The summed E-state index contributed by atoms with van der Waals surface area (Å²) < 4.78 is 11.1. The summed E-state index contributed by atoms with van der Waals surface area (Å²) in [6, 6.07) is 16.9. The van der Waals surface area contributed by atoms with Gasteiger partial charge in [0.25, 0.3) is 5.89 Å². The number of nitrogens with zero attached hydrogens (tertiary/aromatic N) is 2. The van der Waals surface area contributed by atoms with Gasteiger partial charge in [0.1, 0.15) is 5.75 Å². The maximum absolute atomic E-state index is 12.0. The first kappa shape index (κ1) is 15.7. The normalized spacial score (nSPS) is 10.4. The van der Waals surface area contributed by atoms with Crippen LogP contribution in [0.5, 0.6) is 5.75 Å². The van der Waals surface area contributed by atoms with Gasteiger partial charge in [-0.2, -0.15) is 0 Å². The lowest BCUT2D eigenvalue weighted by Crippen LogP contribution is -2.14. The van der Waals surface area contributed by atoms with Crippen LogP contribution in [0.1, 0.15) is 12.5 Å². The highest BCUT2D eigenvalue weighted by Crippen LogP contribution is 2.29. The van der Waals surface area contributed by atoms with Crippen molar-refractivity contribution in [3.05, 3.63) is 60.2 Å². The van der Waals surface area contributed by atoms with Gasteiger partial charge in [-0.05, 0) is 24.6 Å². The van der Waals surface area contributed by atoms with Gasteiger partial charge in [0.05, 0.1) is 18.6 Å². The number of carbonyl (C=O) groups excluding carboxylic acids is 1. The number of nitrogens with one attached hydrogen (secondary N) is 1. The van der Waals surface area contributed by atoms with Crippen LogP contribution in [0, 0.1) is 0 Å². The Morgan fingerprint density at radius 1 is 1.08 bits per heavy atom. The smallest absolute Gasteiger partial charge is 0.322 e. The van der Waals surface area contributed by atoms with Crippen LogP contribution >= 0.6 is 0 Å². The highest BCUT2D eigenvalue weighted by Gasteiger charge is 2.15. The second kappa shape index (κ2) is 7.41. The lowest BCUT2D eigenvalue weighted by Gasteiger charge is -2.06. The molecule has 0 unspecified atom stereocenters. The zero-order chi connectivity index (χ0) is 16.8. The number of benzene rings is 2. The Balaban J connectivity index is 1.71. The Labute approximate surface area is 139 Å². The minimum Gasteiger partial charge on any atom is -0.493 e. The second-order valence-corrected chi connectivity index (χ2v) is 5.05. The molecule has 0 saturated heterocycles. The summed E-state index contributed by atoms with van der Waals surface area (Å²) in [7, 11) is 0. The molecule has 122 valence electrons. The molecular formula is C18H17N3O3. The third-order valence-corrected chi connectivity index (χ3v) is 3.30. The van der Waals surface area contributed by atoms with Gasteiger partial charge in [-0.1, -0.05) is 47.6 Å². The number of hydrogen-bond donors (Lipinski definition) is 1. The van der Waals surface area contributed by atoms with Crippen molar-refractivity contribution in [2.75, 3.05) is 11.9 Å². The summed E-state index contributed by atoms with van der Waals surface area (Å²) in [5, 5.41) is 10.5. The first-order valence-corrected chi connectivity index (χ1v) is 7.65. The Morgan fingerprint density at radius 3 is 2.62 bits per heavy atom. The maximum atomic E-state index is 12.0. The average molecular weight is 323 g/mol. The second-order valence-electron chi connectivity index (χ2n) is 5.05. The van der Waals surface area contributed by atoms with Crippen LogP contribution in [0.25, 0.3) is 11.5 Å². The molecule has 0 aliphatic carbocycles. The van der Waals surface area contributed by atoms with Gasteiger partial charge in [0.2, 0.25) is 5.91 Å². The largest absolute Gasteiger partial charge is 0.493 e. The van der Waals surface area contributed by atoms with Crippen LogP contribution in [0.15, 0.2) is 59.0 Å². The molecule has 1 amide bonds. The number of rotatable bonds is 6. The molecule has 3 rings (SSSR count). The van der Waals surface area contributed by atoms with E-state index in [1.807, 2.05) is 61.5 Å². The van der Waals surface area contributed by atoms with Gasteiger partial charge in [-0.15, -0.1) is 5.10 Å². The Hall–Kier alpha value is -3.15. The molecule has 0 spiro atoms. The molecule has 0 fully saturated rings. The molecule has 0 bridgehead atoms. The fourth-order valence-corrected chi connectivity index (χ4v) is 2.25. The SMILES string of the molecule is CCOc1ccccc1-c1nnc(NC(=O)Cc2ccccc2)o1. The average Bonchev–Trinajstić information content (AvgIpc) is 3.04.